The zero-order valence-electron chi connectivity index (χ0n) is 12.2. The molecule has 1 aromatic rings. The molecule has 1 aromatic carbocycles. The molecule has 0 spiro atoms. The highest BCUT2D eigenvalue weighted by Crippen LogP contribution is 2.29. The summed E-state index contributed by atoms with van der Waals surface area (Å²) in [7, 11) is -2.36. The number of ether oxygens (including phenoxy) is 1. The molecule has 0 aliphatic heterocycles. The number of nitrogens with two attached hydrogens (primary N) is 1. The molecule has 0 radical (unpaired) electrons. The lowest BCUT2D eigenvalue weighted by molar-refractivity contribution is 0.318. The molecule has 0 unspecified atom stereocenters. The lowest BCUT2D eigenvalue weighted by atomic mass is 10.1. The van der Waals surface area contributed by atoms with Crippen LogP contribution in [-0.4, -0.2) is 44.0 Å². The fraction of sp³-hybridized carbons (Fsp3) is 0.417. The van der Waals surface area contributed by atoms with Crippen molar-refractivity contribution in [1.29, 1.82) is 0 Å². The summed E-state index contributed by atoms with van der Waals surface area (Å²) >= 11 is 0. The van der Waals surface area contributed by atoms with Crippen LogP contribution in [0.3, 0.4) is 0 Å². The third-order valence-electron chi connectivity index (χ3n) is 2.91. The molecule has 0 aliphatic carbocycles. The van der Waals surface area contributed by atoms with Crippen LogP contribution in [0.2, 0.25) is 0 Å². The van der Waals surface area contributed by atoms with Crippen LogP contribution in [0.4, 0.5) is 5.69 Å². The third kappa shape index (κ3) is 3.76. The topological polar surface area (TPSA) is 117 Å². The Morgan fingerprint density at radius 2 is 2.05 bits per heavy atom. The van der Waals surface area contributed by atoms with Gasteiger partial charge in [-0.3, -0.25) is 4.72 Å². The van der Waals surface area contributed by atoms with E-state index in [-0.39, 0.29) is 22.8 Å². The first-order chi connectivity index (χ1) is 9.91. The first-order valence-corrected chi connectivity index (χ1v) is 7.78. The van der Waals surface area contributed by atoms with E-state index < -0.39 is 10.2 Å². The number of oxime groups is 1. The second-order valence-electron chi connectivity index (χ2n) is 4.06. The van der Waals surface area contributed by atoms with Gasteiger partial charge in [0.15, 0.2) is 5.84 Å². The van der Waals surface area contributed by atoms with Crippen LogP contribution < -0.4 is 15.2 Å². The number of rotatable bonds is 7. The van der Waals surface area contributed by atoms with Crippen molar-refractivity contribution in [3.8, 4) is 5.75 Å². The number of para-hydroxylation sites is 1. The maximum atomic E-state index is 12.3. The summed E-state index contributed by atoms with van der Waals surface area (Å²) in [4.78, 5) is 0. The standard InChI is InChI=1S/C12H20N4O4S/c1-4-16(5-2)21(18,19)15-11-9(12(13)14-17)7-6-8-10(11)20-3/h6-8,15,17H,4-5H2,1-3H3,(H2,13,14). The quantitative estimate of drug-likeness (QED) is 0.297. The Morgan fingerprint density at radius 3 is 2.52 bits per heavy atom. The first-order valence-electron chi connectivity index (χ1n) is 6.34. The maximum absolute atomic E-state index is 12.3. The Morgan fingerprint density at radius 1 is 1.43 bits per heavy atom. The second-order valence-corrected chi connectivity index (χ2v) is 5.73. The van der Waals surface area contributed by atoms with E-state index in [2.05, 4.69) is 9.88 Å². The minimum atomic E-state index is -3.76. The fourth-order valence-electron chi connectivity index (χ4n) is 1.83. The summed E-state index contributed by atoms with van der Waals surface area (Å²) in [5.74, 6) is 0.0565. The number of nitrogens with one attached hydrogen (secondary N) is 1. The van der Waals surface area contributed by atoms with Gasteiger partial charge in [0.2, 0.25) is 0 Å². The van der Waals surface area contributed by atoms with Crippen molar-refractivity contribution in [1.82, 2.24) is 4.31 Å². The smallest absolute Gasteiger partial charge is 0.301 e. The zero-order valence-corrected chi connectivity index (χ0v) is 13.0. The summed E-state index contributed by atoms with van der Waals surface area (Å²) in [5.41, 5.74) is 5.93. The van der Waals surface area contributed by atoms with E-state index in [0.717, 1.165) is 0 Å². The van der Waals surface area contributed by atoms with Crippen LogP contribution in [0.25, 0.3) is 0 Å². The van der Waals surface area contributed by atoms with Crippen molar-refractivity contribution >= 4 is 21.7 Å². The molecule has 118 valence electrons. The van der Waals surface area contributed by atoms with Crippen molar-refractivity contribution in [3.05, 3.63) is 23.8 Å². The van der Waals surface area contributed by atoms with Crippen molar-refractivity contribution in [2.75, 3.05) is 24.9 Å². The Kier molecular flexibility index (Phi) is 5.79. The number of anilines is 1. The minimum Gasteiger partial charge on any atom is -0.495 e. The molecule has 0 saturated carbocycles. The molecule has 0 heterocycles. The zero-order chi connectivity index (χ0) is 16.0. The molecular formula is C12H20N4O4S. The van der Waals surface area contributed by atoms with Crippen LogP contribution in [0.5, 0.6) is 5.75 Å². The summed E-state index contributed by atoms with van der Waals surface area (Å²) < 4.78 is 33.4. The molecule has 1 rings (SSSR count). The Labute approximate surface area is 124 Å². The van der Waals surface area contributed by atoms with Crippen LogP contribution in [0.1, 0.15) is 19.4 Å². The van der Waals surface area contributed by atoms with E-state index in [9.17, 15) is 8.42 Å². The maximum Gasteiger partial charge on any atom is 0.301 e. The van der Waals surface area contributed by atoms with Gasteiger partial charge in [-0.05, 0) is 12.1 Å². The number of nitrogens with zero attached hydrogens (tertiary/aromatic N) is 2. The average Bonchev–Trinajstić information content (AvgIpc) is 2.47. The predicted molar refractivity (Wildman–Crippen MR) is 81.0 cm³/mol. The second kappa shape index (κ2) is 7.14. The van der Waals surface area contributed by atoms with Gasteiger partial charge in [-0.1, -0.05) is 25.1 Å². The molecule has 0 aromatic heterocycles. The first kappa shape index (κ1) is 17.1. The van der Waals surface area contributed by atoms with Crippen LogP contribution in [0, 0.1) is 0 Å². The molecule has 0 aliphatic rings. The highest BCUT2D eigenvalue weighted by molar-refractivity contribution is 7.90. The van der Waals surface area contributed by atoms with Crippen molar-refractivity contribution < 1.29 is 18.4 Å². The van der Waals surface area contributed by atoms with E-state index in [0.29, 0.717) is 13.1 Å². The SMILES string of the molecule is CCN(CC)S(=O)(=O)Nc1c(OC)cccc1/C(N)=N/O. The van der Waals surface area contributed by atoms with Crippen molar-refractivity contribution in [2.45, 2.75) is 13.8 Å². The molecule has 8 nitrogen and oxygen atoms in total. The molecule has 0 saturated heterocycles. The molecular weight excluding hydrogens is 296 g/mol. The van der Waals surface area contributed by atoms with Gasteiger partial charge < -0.3 is 15.7 Å². The van der Waals surface area contributed by atoms with Gasteiger partial charge in [-0.25, -0.2) is 0 Å². The highest BCUT2D eigenvalue weighted by Gasteiger charge is 2.23. The minimum absolute atomic E-state index is 0.127. The number of hydrogen-bond acceptors (Lipinski definition) is 5. The van der Waals surface area contributed by atoms with E-state index in [1.165, 1.54) is 17.5 Å². The van der Waals surface area contributed by atoms with Gasteiger partial charge in [0.05, 0.1) is 7.11 Å². The summed E-state index contributed by atoms with van der Waals surface area (Å²) in [5, 5.41) is 11.7. The number of methoxy groups -OCH3 is 1. The normalized spacial score (nSPS) is 12.5. The molecule has 9 heteroatoms. The molecule has 21 heavy (non-hydrogen) atoms. The lowest BCUT2D eigenvalue weighted by Gasteiger charge is -2.21. The Balaban J connectivity index is 3.35. The lowest BCUT2D eigenvalue weighted by Crippen LogP contribution is -2.36. The van der Waals surface area contributed by atoms with Crippen molar-refractivity contribution in [3.63, 3.8) is 0 Å². The summed E-state index contributed by atoms with van der Waals surface area (Å²) in [6, 6.07) is 4.72. The molecule has 0 fully saturated rings. The molecule has 4 N–H and O–H groups in total. The van der Waals surface area contributed by atoms with Gasteiger partial charge >= 0.3 is 10.2 Å². The highest BCUT2D eigenvalue weighted by atomic mass is 32.2. The third-order valence-corrected chi connectivity index (χ3v) is 4.56. The van der Waals surface area contributed by atoms with Gasteiger partial charge in [0.25, 0.3) is 0 Å². The monoisotopic (exact) mass is 316 g/mol. The molecule has 0 bridgehead atoms. The van der Waals surface area contributed by atoms with Crippen molar-refractivity contribution in [2.24, 2.45) is 10.9 Å². The van der Waals surface area contributed by atoms with Crippen LogP contribution >= 0.6 is 0 Å². The number of benzene rings is 1. The van der Waals surface area contributed by atoms with Crippen LogP contribution in [-0.2, 0) is 10.2 Å². The summed E-state index contributed by atoms with van der Waals surface area (Å²) in [6.07, 6.45) is 0. The van der Waals surface area contributed by atoms with Crippen LogP contribution in [0.15, 0.2) is 23.4 Å². The molecule has 0 atom stereocenters. The Hall–Kier alpha value is -2.00. The molecule has 0 amide bonds. The largest absolute Gasteiger partial charge is 0.495 e. The van der Waals surface area contributed by atoms with E-state index in [1.807, 2.05) is 0 Å². The number of amidine groups is 1. The Bertz CT molecular complexity index is 612. The number of hydrogen-bond donors (Lipinski definition) is 3. The van der Waals surface area contributed by atoms with Gasteiger partial charge in [0.1, 0.15) is 11.4 Å². The average molecular weight is 316 g/mol. The fourth-order valence-corrected chi connectivity index (χ4v) is 3.11. The predicted octanol–water partition coefficient (Wildman–Crippen LogP) is 0.788. The van der Waals surface area contributed by atoms with E-state index in [1.54, 1.807) is 26.0 Å². The van der Waals surface area contributed by atoms with E-state index >= 15 is 0 Å². The summed E-state index contributed by atoms with van der Waals surface area (Å²) in [6.45, 7) is 4.10. The van der Waals surface area contributed by atoms with E-state index in [4.69, 9.17) is 15.7 Å². The van der Waals surface area contributed by atoms with Gasteiger partial charge in [-0.2, -0.15) is 12.7 Å². The van der Waals surface area contributed by atoms with Gasteiger partial charge in [0, 0.05) is 18.7 Å². The van der Waals surface area contributed by atoms with Gasteiger partial charge in [-0.15, -0.1) is 0 Å².